The highest BCUT2D eigenvalue weighted by molar-refractivity contribution is 5.91. The Balaban J connectivity index is 1.60. The summed E-state index contributed by atoms with van der Waals surface area (Å²) in [5.74, 6) is -0.105. The maximum absolute atomic E-state index is 12.0. The Bertz CT molecular complexity index is 914. The number of carbonyl (C=O) groups excluding carboxylic acids is 1. The molecular formula is C18H18N4O4. The zero-order chi connectivity index (χ0) is 18.5. The first-order chi connectivity index (χ1) is 12.5. The predicted molar refractivity (Wildman–Crippen MR) is 93.9 cm³/mol. The SMILES string of the molecule is Cc1cnc(Cc2ccccc2)n1CCNC(=O)c1ccc([N+](=O)[O-])o1. The van der Waals surface area contributed by atoms with Crippen molar-refractivity contribution < 1.29 is 14.1 Å². The van der Waals surface area contributed by atoms with E-state index >= 15 is 0 Å². The Morgan fingerprint density at radius 1 is 1.27 bits per heavy atom. The van der Waals surface area contributed by atoms with Crippen LogP contribution in [0.4, 0.5) is 5.88 Å². The smallest absolute Gasteiger partial charge is 0.395 e. The molecule has 1 aromatic carbocycles. The molecule has 0 atom stereocenters. The minimum absolute atomic E-state index is 0.0800. The highest BCUT2D eigenvalue weighted by Gasteiger charge is 2.17. The first kappa shape index (κ1) is 17.4. The number of nitro groups is 1. The number of amides is 1. The van der Waals surface area contributed by atoms with E-state index in [9.17, 15) is 14.9 Å². The summed E-state index contributed by atoms with van der Waals surface area (Å²) in [7, 11) is 0. The van der Waals surface area contributed by atoms with Crippen molar-refractivity contribution in [2.75, 3.05) is 6.54 Å². The fraction of sp³-hybridized carbons (Fsp3) is 0.222. The maximum atomic E-state index is 12.0. The third kappa shape index (κ3) is 3.97. The molecule has 0 aliphatic heterocycles. The third-order valence-corrected chi connectivity index (χ3v) is 3.96. The van der Waals surface area contributed by atoms with E-state index in [1.807, 2.05) is 41.8 Å². The fourth-order valence-corrected chi connectivity index (χ4v) is 2.65. The van der Waals surface area contributed by atoms with Crippen molar-refractivity contribution in [3.63, 3.8) is 0 Å². The number of benzene rings is 1. The standard InChI is InChI=1S/C18H18N4O4/c1-13-12-20-16(11-14-5-3-2-4-6-14)21(13)10-9-19-18(23)15-7-8-17(26-15)22(24)25/h2-8,12H,9-11H2,1H3,(H,19,23). The lowest BCUT2D eigenvalue weighted by Crippen LogP contribution is -2.27. The molecule has 1 N–H and O–H groups in total. The number of nitrogens with zero attached hydrogens (tertiary/aromatic N) is 3. The average Bonchev–Trinajstić information content (AvgIpc) is 3.25. The van der Waals surface area contributed by atoms with Crippen LogP contribution in [0.3, 0.4) is 0 Å². The zero-order valence-electron chi connectivity index (χ0n) is 14.2. The van der Waals surface area contributed by atoms with Crippen LogP contribution in [-0.4, -0.2) is 26.9 Å². The maximum Gasteiger partial charge on any atom is 0.433 e. The van der Waals surface area contributed by atoms with Crippen LogP contribution >= 0.6 is 0 Å². The number of aryl methyl sites for hydroxylation is 1. The van der Waals surface area contributed by atoms with E-state index in [0.717, 1.165) is 23.1 Å². The zero-order valence-corrected chi connectivity index (χ0v) is 14.2. The van der Waals surface area contributed by atoms with Crippen LogP contribution in [0.5, 0.6) is 0 Å². The largest absolute Gasteiger partial charge is 0.433 e. The van der Waals surface area contributed by atoms with Crippen molar-refractivity contribution in [3.05, 3.63) is 81.6 Å². The van der Waals surface area contributed by atoms with Gasteiger partial charge in [-0.15, -0.1) is 0 Å². The van der Waals surface area contributed by atoms with Crippen LogP contribution in [-0.2, 0) is 13.0 Å². The lowest BCUT2D eigenvalue weighted by molar-refractivity contribution is -0.402. The Kier molecular flexibility index (Phi) is 5.12. The summed E-state index contributed by atoms with van der Waals surface area (Å²) in [5.41, 5.74) is 2.16. The molecule has 26 heavy (non-hydrogen) atoms. The van der Waals surface area contributed by atoms with E-state index in [2.05, 4.69) is 10.3 Å². The van der Waals surface area contributed by atoms with Crippen LogP contribution in [0.15, 0.2) is 53.1 Å². The molecule has 0 bridgehead atoms. The first-order valence-corrected chi connectivity index (χ1v) is 8.12. The Morgan fingerprint density at radius 2 is 2.04 bits per heavy atom. The van der Waals surface area contributed by atoms with Gasteiger partial charge in [-0.2, -0.15) is 0 Å². The fourth-order valence-electron chi connectivity index (χ4n) is 2.65. The van der Waals surface area contributed by atoms with Crippen LogP contribution in [0.25, 0.3) is 0 Å². The van der Waals surface area contributed by atoms with Crippen LogP contribution in [0.2, 0.25) is 0 Å². The van der Waals surface area contributed by atoms with Crippen molar-refractivity contribution in [2.45, 2.75) is 19.9 Å². The second-order valence-corrected chi connectivity index (χ2v) is 5.78. The number of furan rings is 1. The van der Waals surface area contributed by atoms with Gasteiger partial charge in [0.15, 0.2) is 5.76 Å². The van der Waals surface area contributed by atoms with Crippen molar-refractivity contribution >= 4 is 11.8 Å². The quantitative estimate of drug-likeness (QED) is 0.519. The minimum Gasteiger partial charge on any atom is -0.395 e. The van der Waals surface area contributed by atoms with E-state index in [4.69, 9.17) is 4.42 Å². The lowest BCUT2D eigenvalue weighted by atomic mass is 10.1. The van der Waals surface area contributed by atoms with Crippen molar-refractivity contribution in [2.24, 2.45) is 0 Å². The van der Waals surface area contributed by atoms with E-state index in [1.54, 1.807) is 6.20 Å². The highest BCUT2D eigenvalue weighted by Crippen LogP contribution is 2.15. The van der Waals surface area contributed by atoms with Gasteiger partial charge in [-0.25, -0.2) is 4.98 Å². The van der Waals surface area contributed by atoms with Gasteiger partial charge in [-0.05, 0) is 18.6 Å². The van der Waals surface area contributed by atoms with E-state index in [-0.39, 0.29) is 5.76 Å². The van der Waals surface area contributed by atoms with Gasteiger partial charge in [0.2, 0.25) is 0 Å². The Labute approximate surface area is 149 Å². The Hall–Kier alpha value is -3.42. The molecule has 0 unspecified atom stereocenters. The topological polar surface area (TPSA) is 103 Å². The number of nitrogens with one attached hydrogen (secondary N) is 1. The first-order valence-electron chi connectivity index (χ1n) is 8.12. The number of imidazole rings is 1. The molecule has 1 amide bonds. The molecule has 2 aromatic heterocycles. The average molecular weight is 354 g/mol. The second-order valence-electron chi connectivity index (χ2n) is 5.78. The molecule has 0 aliphatic carbocycles. The number of carbonyl (C=O) groups is 1. The predicted octanol–water partition coefficient (Wildman–Crippen LogP) is 2.71. The number of aromatic nitrogens is 2. The molecule has 0 aliphatic rings. The molecule has 0 saturated heterocycles. The van der Waals surface area contributed by atoms with Gasteiger partial charge in [-0.3, -0.25) is 14.9 Å². The van der Waals surface area contributed by atoms with Crippen LogP contribution in [0.1, 0.15) is 27.6 Å². The van der Waals surface area contributed by atoms with Crippen LogP contribution < -0.4 is 5.32 Å². The number of rotatable bonds is 7. The van der Waals surface area contributed by atoms with Gasteiger partial charge < -0.3 is 14.3 Å². The molecule has 0 spiro atoms. The van der Waals surface area contributed by atoms with Gasteiger partial charge >= 0.3 is 5.88 Å². The van der Waals surface area contributed by atoms with Gasteiger partial charge in [0.05, 0.1) is 6.07 Å². The minimum atomic E-state index is -0.679. The van der Waals surface area contributed by atoms with E-state index < -0.39 is 16.7 Å². The molecule has 0 saturated carbocycles. The Morgan fingerprint density at radius 3 is 2.73 bits per heavy atom. The molecule has 3 rings (SSSR count). The molecule has 8 heteroatoms. The molecule has 0 fully saturated rings. The molecule has 2 heterocycles. The molecule has 134 valence electrons. The number of hydrogen-bond donors (Lipinski definition) is 1. The van der Waals surface area contributed by atoms with Crippen molar-refractivity contribution in [1.29, 1.82) is 0 Å². The van der Waals surface area contributed by atoms with Crippen LogP contribution in [0, 0.1) is 17.0 Å². The second kappa shape index (κ2) is 7.64. The van der Waals surface area contributed by atoms with Crippen molar-refractivity contribution in [3.8, 4) is 0 Å². The van der Waals surface area contributed by atoms with E-state index in [0.29, 0.717) is 19.5 Å². The molecule has 8 nitrogen and oxygen atoms in total. The normalized spacial score (nSPS) is 10.7. The highest BCUT2D eigenvalue weighted by atomic mass is 16.6. The third-order valence-electron chi connectivity index (χ3n) is 3.96. The van der Waals surface area contributed by atoms with Crippen molar-refractivity contribution in [1.82, 2.24) is 14.9 Å². The summed E-state index contributed by atoms with van der Waals surface area (Å²) < 4.78 is 6.93. The van der Waals surface area contributed by atoms with Gasteiger partial charge in [0.25, 0.3) is 5.91 Å². The monoisotopic (exact) mass is 354 g/mol. The summed E-state index contributed by atoms with van der Waals surface area (Å²) >= 11 is 0. The van der Waals surface area contributed by atoms with E-state index in [1.165, 1.54) is 6.07 Å². The molecule has 0 radical (unpaired) electrons. The molecule has 3 aromatic rings. The lowest BCUT2D eigenvalue weighted by Gasteiger charge is -2.11. The number of hydrogen-bond acceptors (Lipinski definition) is 5. The summed E-state index contributed by atoms with van der Waals surface area (Å²) in [6, 6.07) is 12.5. The summed E-state index contributed by atoms with van der Waals surface area (Å²) in [6.07, 6.45) is 2.50. The van der Waals surface area contributed by atoms with Gasteiger partial charge in [0.1, 0.15) is 10.7 Å². The summed E-state index contributed by atoms with van der Waals surface area (Å²) in [5, 5.41) is 13.3. The summed E-state index contributed by atoms with van der Waals surface area (Å²) in [4.78, 5) is 26.4. The van der Waals surface area contributed by atoms with Gasteiger partial charge in [-0.1, -0.05) is 30.3 Å². The van der Waals surface area contributed by atoms with Gasteiger partial charge in [0, 0.05) is 31.4 Å². The molecular weight excluding hydrogens is 336 g/mol. The summed E-state index contributed by atoms with van der Waals surface area (Å²) in [6.45, 7) is 2.86.